The summed E-state index contributed by atoms with van der Waals surface area (Å²) in [6, 6.07) is 3.44. The minimum absolute atomic E-state index is 0.610. The molecule has 0 aliphatic rings. The van der Waals surface area contributed by atoms with Crippen LogP contribution in [-0.4, -0.2) is 11.2 Å². The van der Waals surface area contributed by atoms with Gasteiger partial charge in [-0.05, 0) is 18.2 Å². The average molecular weight is 153 g/mol. The Balaban J connectivity index is 2.43. The molecule has 0 fully saturated rings. The molecule has 1 rings (SSSR count). The first-order valence-corrected chi connectivity index (χ1v) is 2.98. The van der Waals surface area contributed by atoms with E-state index in [-0.39, 0.29) is 0 Å². The second kappa shape index (κ2) is 3.46. The van der Waals surface area contributed by atoms with Gasteiger partial charge in [0, 0.05) is 6.20 Å². The minimum Gasteiger partial charge on any atom is -0.465 e. The molecule has 0 unspecified atom stereocenters. The fourth-order valence-electron chi connectivity index (χ4n) is 0.581. The van der Waals surface area contributed by atoms with Crippen molar-refractivity contribution in [2.24, 2.45) is 0 Å². The summed E-state index contributed by atoms with van der Waals surface area (Å²) in [5.41, 5.74) is 0. The Morgan fingerprint density at radius 1 is 1.73 bits per heavy atom. The van der Waals surface area contributed by atoms with Crippen molar-refractivity contribution >= 4 is 12.2 Å². The number of nitrogens with one attached hydrogen (secondary N) is 1. The van der Waals surface area contributed by atoms with Gasteiger partial charge in [0.2, 0.25) is 0 Å². The van der Waals surface area contributed by atoms with Gasteiger partial charge in [0.25, 0.3) is 0 Å². The Hall–Kier alpha value is -1.71. The SMILES string of the molecule is O=C(O)N/C=C/c1ccco1. The van der Waals surface area contributed by atoms with Crippen molar-refractivity contribution in [1.82, 2.24) is 5.32 Å². The smallest absolute Gasteiger partial charge is 0.408 e. The zero-order valence-electron chi connectivity index (χ0n) is 5.65. The van der Waals surface area contributed by atoms with Crippen LogP contribution in [0.3, 0.4) is 0 Å². The van der Waals surface area contributed by atoms with E-state index in [9.17, 15) is 4.79 Å². The molecule has 0 atom stereocenters. The standard InChI is InChI=1S/C7H7NO3/c9-7(10)8-4-3-6-2-1-5-11-6/h1-5,8H,(H,9,10)/b4-3+. The topological polar surface area (TPSA) is 62.5 Å². The maximum Gasteiger partial charge on any atom is 0.408 e. The lowest BCUT2D eigenvalue weighted by atomic mass is 10.4. The summed E-state index contributed by atoms with van der Waals surface area (Å²) >= 11 is 0. The van der Waals surface area contributed by atoms with Crippen molar-refractivity contribution in [3.63, 3.8) is 0 Å². The molecule has 0 spiro atoms. The molecule has 0 aromatic carbocycles. The van der Waals surface area contributed by atoms with Gasteiger partial charge in [-0.1, -0.05) is 0 Å². The van der Waals surface area contributed by atoms with Crippen LogP contribution in [0.1, 0.15) is 5.76 Å². The van der Waals surface area contributed by atoms with E-state index in [1.807, 2.05) is 0 Å². The van der Waals surface area contributed by atoms with Crippen molar-refractivity contribution in [2.45, 2.75) is 0 Å². The van der Waals surface area contributed by atoms with E-state index in [2.05, 4.69) is 5.32 Å². The first-order valence-electron chi connectivity index (χ1n) is 2.98. The molecule has 1 aromatic rings. The van der Waals surface area contributed by atoms with Gasteiger partial charge in [-0.25, -0.2) is 4.79 Å². The normalized spacial score (nSPS) is 10.2. The number of rotatable bonds is 2. The fraction of sp³-hybridized carbons (Fsp3) is 0. The molecule has 0 bridgehead atoms. The Labute approximate surface area is 63.1 Å². The Bertz CT molecular complexity index is 251. The van der Waals surface area contributed by atoms with Gasteiger partial charge < -0.3 is 9.52 Å². The Kier molecular flexibility index (Phi) is 2.32. The lowest BCUT2D eigenvalue weighted by Crippen LogP contribution is -2.12. The maximum atomic E-state index is 9.93. The zero-order chi connectivity index (χ0) is 8.10. The number of amides is 1. The van der Waals surface area contributed by atoms with Crippen LogP contribution in [0, 0.1) is 0 Å². The largest absolute Gasteiger partial charge is 0.465 e. The number of carbonyl (C=O) groups is 1. The lowest BCUT2D eigenvalue weighted by Gasteiger charge is -1.87. The summed E-state index contributed by atoms with van der Waals surface area (Å²) in [6.07, 6.45) is 3.24. The Morgan fingerprint density at radius 2 is 2.55 bits per heavy atom. The third kappa shape index (κ3) is 2.57. The first-order chi connectivity index (χ1) is 5.29. The number of hydrogen-bond donors (Lipinski definition) is 2. The number of hydrogen-bond acceptors (Lipinski definition) is 2. The molecule has 58 valence electrons. The van der Waals surface area contributed by atoms with Gasteiger partial charge in [-0.2, -0.15) is 0 Å². The predicted octanol–water partition coefficient (Wildman–Crippen LogP) is 1.52. The summed E-state index contributed by atoms with van der Waals surface area (Å²) in [5.74, 6) is 0.610. The molecule has 1 amide bonds. The van der Waals surface area contributed by atoms with Crippen LogP contribution >= 0.6 is 0 Å². The van der Waals surface area contributed by atoms with E-state index in [1.165, 1.54) is 18.5 Å². The first kappa shape index (κ1) is 7.40. The summed E-state index contributed by atoms with van der Waals surface area (Å²) < 4.78 is 4.90. The van der Waals surface area contributed by atoms with Gasteiger partial charge in [-0.15, -0.1) is 0 Å². The molecule has 1 heterocycles. The average Bonchev–Trinajstić information content (AvgIpc) is 2.39. The maximum absolute atomic E-state index is 9.93. The second-order valence-electron chi connectivity index (χ2n) is 1.80. The van der Waals surface area contributed by atoms with Crippen LogP contribution in [0.2, 0.25) is 0 Å². The van der Waals surface area contributed by atoms with Gasteiger partial charge in [0.1, 0.15) is 5.76 Å². The minimum atomic E-state index is -1.09. The van der Waals surface area contributed by atoms with Gasteiger partial charge in [-0.3, -0.25) is 5.32 Å². The second-order valence-corrected chi connectivity index (χ2v) is 1.80. The van der Waals surface area contributed by atoms with E-state index in [1.54, 1.807) is 12.1 Å². The third-order valence-electron chi connectivity index (χ3n) is 0.998. The van der Waals surface area contributed by atoms with E-state index in [4.69, 9.17) is 9.52 Å². The van der Waals surface area contributed by atoms with Gasteiger partial charge >= 0.3 is 6.09 Å². The highest BCUT2D eigenvalue weighted by Gasteiger charge is 1.88. The predicted molar refractivity (Wildman–Crippen MR) is 38.9 cm³/mol. The molecule has 4 nitrogen and oxygen atoms in total. The van der Waals surface area contributed by atoms with Crippen molar-refractivity contribution < 1.29 is 14.3 Å². The molecule has 0 saturated heterocycles. The van der Waals surface area contributed by atoms with Crippen molar-refractivity contribution in [1.29, 1.82) is 0 Å². The molecular weight excluding hydrogens is 146 g/mol. The highest BCUT2D eigenvalue weighted by Crippen LogP contribution is 2.00. The lowest BCUT2D eigenvalue weighted by molar-refractivity contribution is 0.198. The zero-order valence-corrected chi connectivity index (χ0v) is 5.65. The van der Waals surface area contributed by atoms with E-state index < -0.39 is 6.09 Å². The summed E-state index contributed by atoms with van der Waals surface area (Å²) in [6.45, 7) is 0. The summed E-state index contributed by atoms with van der Waals surface area (Å²) in [7, 11) is 0. The van der Waals surface area contributed by atoms with E-state index >= 15 is 0 Å². The van der Waals surface area contributed by atoms with Crippen LogP contribution in [0.4, 0.5) is 4.79 Å². The Morgan fingerprint density at radius 3 is 3.09 bits per heavy atom. The van der Waals surface area contributed by atoms with Crippen LogP contribution in [0.5, 0.6) is 0 Å². The highest BCUT2D eigenvalue weighted by molar-refractivity contribution is 5.67. The van der Waals surface area contributed by atoms with Crippen LogP contribution in [0.25, 0.3) is 6.08 Å². The van der Waals surface area contributed by atoms with Crippen molar-refractivity contribution in [3.05, 3.63) is 30.4 Å². The monoisotopic (exact) mass is 153 g/mol. The van der Waals surface area contributed by atoms with Gasteiger partial charge in [0.15, 0.2) is 0 Å². The van der Waals surface area contributed by atoms with E-state index in [0.29, 0.717) is 5.76 Å². The van der Waals surface area contributed by atoms with Gasteiger partial charge in [0.05, 0.1) is 6.26 Å². The summed E-state index contributed by atoms with van der Waals surface area (Å²) in [4.78, 5) is 9.93. The molecule has 0 radical (unpaired) electrons. The van der Waals surface area contributed by atoms with Crippen molar-refractivity contribution in [2.75, 3.05) is 0 Å². The molecule has 0 saturated carbocycles. The molecule has 2 N–H and O–H groups in total. The molecule has 0 aliphatic carbocycles. The van der Waals surface area contributed by atoms with E-state index in [0.717, 1.165) is 0 Å². The molecule has 0 aliphatic heterocycles. The quantitative estimate of drug-likeness (QED) is 0.677. The fourth-order valence-corrected chi connectivity index (χ4v) is 0.581. The molecular formula is C7H7NO3. The number of carboxylic acid groups (broad SMARTS) is 1. The van der Waals surface area contributed by atoms with Crippen LogP contribution < -0.4 is 5.32 Å². The van der Waals surface area contributed by atoms with Crippen LogP contribution in [0.15, 0.2) is 29.0 Å². The molecule has 11 heavy (non-hydrogen) atoms. The van der Waals surface area contributed by atoms with Crippen LogP contribution in [-0.2, 0) is 0 Å². The number of furan rings is 1. The summed E-state index contributed by atoms with van der Waals surface area (Å²) in [5, 5.41) is 10.2. The third-order valence-corrected chi connectivity index (χ3v) is 0.998. The van der Waals surface area contributed by atoms with Crippen molar-refractivity contribution in [3.8, 4) is 0 Å². The molecule has 1 aromatic heterocycles. The highest BCUT2D eigenvalue weighted by atomic mass is 16.4. The molecule has 4 heteroatoms.